The molecule has 0 atom stereocenters. The summed E-state index contributed by atoms with van der Waals surface area (Å²) < 4.78 is 1.39. The molecule has 0 spiro atoms. The van der Waals surface area contributed by atoms with Gasteiger partial charge in [0.05, 0.1) is 5.75 Å². The zero-order valence-corrected chi connectivity index (χ0v) is 16.0. The number of hydrogen-bond donors (Lipinski definition) is 1. The molecule has 0 bridgehead atoms. The van der Waals surface area contributed by atoms with Crippen LogP contribution in [0, 0.1) is 27.7 Å². The first kappa shape index (κ1) is 18.1. The number of hydrogen-bond acceptors (Lipinski definition) is 5. The van der Waals surface area contributed by atoms with Crippen LogP contribution in [0.4, 0.5) is 5.69 Å². The average molecular weight is 368 g/mol. The monoisotopic (exact) mass is 368 g/mol. The summed E-state index contributed by atoms with van der Waals surface area (Å²) in [6, 6.07) is 7.70. The van der Waals surface area contributed by atoms with Crippen molar-refractivity contribution in [2.24, 2.45) is 0 Å². The van der Waals surface area contributed by atoms with Gasteiger partial charge in [-0.25, -0.2) is 9.78 Å². The number of rotatable bonds is 4. The number of thioether (sulfide) groups is 1. The Labute approximate surface area is 155 Å². The van der Waals surface area contributed by atoms with E-state index in [1.807, 2.05) is 52.0 Å². The molecule has 7 heteroatoms. The second kappa shape index (κ2) is 7.29. The fourth-order valence-corrected chi connectivity index (χ4v) is 3.48. The molecule has 6 nitrogen and oxygen atoms in total. The number of fused-ring (bicyclic) bond motifs is 1. The van der Waals surface area contributed by atoms with Gasteiger partial charge in [-0.2, -0.15) is 4.98 Å². The van der Waals surface area contributed by atoms with E-state index in [2.05, 4.69) is 15.3 Å². The first-order valence-corrected chi connectivity index (χ1v) is 9.19. The summed E-state index contributed by atoms with van der Waals surface area (Å²) >= 11 is 1.15. The quantitative estimate of drug-likeness (QED) is 0.716. The topological polar surface area (TPSA) is 76.4 Å². The zero-order chi connectivity index (χ0) is 18.8. The molecule has 1 aromatic carbocycles. The van der Waals surface area contributed by atoms with Crippen molar-refractivity contribution in [2.45, 2.75) is 32.9 Å². The lowest BCUT2D eigenvalue weighted by molar-refractivity contribution is -0.113. The molecule has 0 aliphatic carbocycles. The Morgan fingerprint density at radius 1 is 1.08 bits per heavy atom. The molecule has 0 radical (unpaired) electrons. The Hall–Kier alpha value is -2.67. The Bertz CT molecular complexity index is 1040. The fourth-order valence-electron chi connectivity index (χ4n) is 2.84. The van der Waals surface area contributed by atoms with Crippen LogP contribution in [0.1, 0.15) is 22.3 Å². The third-order valence-corrected chi connectivity index (χ3v) is 4.82. The number of aromatic nitrogens is 3. The average Bonchev–Trinajstić information content (AvgIpc) is 2.56. The number of pyridine rings is 1. The van der Waals surface area contributed by atoms with Gasteiger partial charge in [0, 0.05) is 11.9 Å². The molecule has 2 heterocycles. The summed E-state index contributed by atoms with van der Waals surface area (Å²) in [4.78, 5) is 32.7. The van der Waals surface area contributed by atoms with Crippen molar-refractivity contribution in [1.82, 2.24) is 14.4 Å². The van der Waals surface area contributed by atoms with E-state index < -0.39 is 5.69 Å². The summed E-state index contributed by atoms with van der Waals surface area (Å²) in [6.07, 6.45) is 1.65. The molecular formula is C19H20N4O2S. The van der Waals surface area contributed by atoms with E-state index >= 15 is 0 Å². The van der Waals surface area contributed by atoms with E-state index in [1.54, 1.807) is 6.20 Å². The SMILES string of the molecule is Cc1cc(C)c(NC(=O)CSc2nc(=O)n3ccc(C)cc3n2)c(C)c1. The van der Waals surface area contributed by atoms with Crippen molar-refractivity contribution in [3.05, 3.63) is 63.2 Å². The van der Waals surface area contributed by atoms with Crippen LogP contribution >= 0.6 is 11.8 Å². The predicted molar refractivity (Wildman–Crippen MR) is 104 cm³/mol. The molecular weight excluding hydrogens is 348 g/mol. The van der Waals surface area contributed by atoms with Crippen molar-refractivity contribution in [1.29, 1.82) is 0 Å². The largest absolute Gasteiger partial charge is 0.355 e. The maximum Gasteiger partial charge on any atom is 0.355 e. The summed E-state index contributed by atoms with van der Waals surface area (Å²) in [6.45, 7) is 7.90. The minimum absolute atomic E-state index is 0.133. The molecule has 3 aromatic rings. The second-order valence-electron chi connectivity index (χ2n) is 6.33. The van der Waals surface area contributed by atoms with E-state index in [-0.39, 0.29) is 11.7 Å². The number of benzene rings is 1. The maximum atomic E-state index is 12.3. The third kappa shape index (κ3) is 3.94. The van der Waals surface area contributed by atoms with E-state index in [4.69, 9.17) is 0 Å². The summed E-state index contributed by atoms with van der Waals surface area (Å²) in [5.74, 6) is -0.0214. The van der Waals surface area contributed by atoms with Gasteiger partial charge in [0.2, 0.25) is 5.91 Å². The highest BCUT2D eigenvalue weighted by molar-refractivity contribution is 7.99. The summed E-state index contributed by atoms with van der Waals surface area (Å²) in [7, 11) is 0. The van der Waals surface area contributed by atoms with Crippen LogP contribution in [0.2, 0.25) is 0 Å². The molecule has 0 unspecified atom stereocenters. The Morgan fingerprint density at radius 2 is 1.77 bits per heavy atom. The minimum atomic E-state index is -0.400. The molecule has 0 saturated carbocycles. The summed E-state index contributed by atoms with van der Waals surface area (Å²) in [5, 5.41) is 3.24. The standard InChI is InChI=1S/C19H20N4O2S/c1-11-5-6-23-15(9-11)20-18(22-19(23)25)26-10-16(24)21-17-13(3)7-12(2)8-14(17)4/h5-9H,10H2,1-4H3,(H,21,24). The molecule has 1 amide bonds. The number of carbonyl (C=O) groups is 1. The lowest BCUT2D eigenvalue weighted by Crippen LogP contribution is -2.20. The predicted octanol–water partition coefficient (Wildman–Crippen LogP) is 3.05. The first-order valence-electron chi connectivity index (χ1n) is 8.21. The van der Waals surface area contributed by atoms with Gasteiger partial charge in [0.15, 0.2) is 5.16 Å². The Morgan fingerprint density at radius 3 is 2.46 bits per heavy atom. The van der Waals surface area contributed by atoms with Gasteiger partial charge in [-0.15, -0.1) is 0 Å². The number of amides is 1. The van der Waals surface area contributed by atoms with Crippen molar-refractivity contribution in [3.63, 3.8) is 0 Å². The highest BCUT2D eigenvalue weighted by Crippen LogP contribution is 2.22. The maximum absolute atomic E-state index is 12.3. The van der Waals surface area contributed by atoms with Crippen molar-refractivity contribution in [2.75, 3.05) is 11.1 Å². The molecule has 0 saturated heterocycles. The molecule has 134 valence electrons. The van der Waals surface area contributed by atoms with Gasteiger partial charge < -0.3 is 5.32 Å². The van der Waals surface area contributed by atoms with Crippen LogP contribution in [-0.4, -0.2) is 26.0 Å². The van der Waals surface area contributed by atoms with Crippen LogP contribution in [0.5, 0.6) is 0 Å². The summed E-state index contributed by atoms with van der Waals surface area (Å²) in [5.41, 5.74) is 5.17. The fraction of sp³-hybridized carbons (Fsp3) is 0.263. The van der Waals surface area contributed by atoms with Crippen LogP contribution in [-0.2, 0) is 4.79 Å². The molecule has 2 aromatic heterocycles. The number of aryl methyl sites for hydroxylation is 4. The van der Waals surface area contributed by atoms with E-state index in [1.165, 1.54) is 4.40 Å². The highest BCUT2D eigenvalue weighted by atomic mass is 32.2. The molecule has 0 aliphatic heterocycles. The molecule has 3 rings (SSSR count). The molecule has 0 fully saturated rings. The van der Waals surface area contributed by atoms with Crippen molar-refractivity contribution >= 4 is 29.0 Å². The first-order chi connectivity index (χ1) is 12.3. The van der Waals surface area contributed by atoms with Crippen LogP contribution < -0.4 is 11.0 Å². The third-order valence-electron chi connectivity index (χ3n) is 3.97. The lowest BCUT2D eigenvalue weighted by atomic mass is 10.1. The zero-order valence-electron chi connectivity index (χ0n) is 15.2. The number of carbonyl (C=O) groups excluding carboxylic acids is 1. The molecule has 0 aliphatic rings. The van der Waals surface area contributed by atoms with Gasteiger partial charge in [-0.05, 0) is 56.5 Å². The van der Waals surface area contributed by atoms with Gasteiger partial charge in [-0.1, -0.05) is 29.5 Å². The Balaban J connectivity index is 1.74. The van der Waals surface area contributed by atoms with Gasteiger partial charge in [0.25, 0.3) is 0 Å². The van der Waals surface area contributed by atoms with Gasteiger partial charge in [0.1, 0.15) is 5.65 Å². The van der Waals surface area contributed by atoms with Gasteiger partial charge in [-0.3, -0.25) is 9.20 Å². The number of nitrogens with one attached hydrogen (secondary N) is 1. The van der Waals surface area contributed by atoms with E-state index in [0.717, 1.165) is 39.7 Å². The van der Waals surface area contributed by atoms with Crippen LogP contribution in [0.3, 0.4) is 0 Å². The Kier molecular flexibility index (Phi) is 5.08. The van der Waals surface area contributed by atoms with Crippen molar-refractivity contribution < 1.29 is 4.79 Å². The van der Waals surface area contributed by atoms with Crippen LogP contribution in [0.25, 0.3) is 5.65 Å². The smallest absolute Gasteiger partial charge is 0.325 e. The number of anilines is 1. The normalized spacial score (nSPS) is 10.9. The molecule has 26 heavy (non-hydrogen) atoms. The second-order valence-corrected chi connectivity index (χ2v) is 7.27. The number of nitrogens with zero attached hydrogens (tertiary/aromatic N) is 3. The minimum Gasteiger partial charge on any atom is -0.325 e. The highest BCUT2D eigenvalue weighted by Gasteiger charge is 2.11. The molecule has 1 N–H and O–H groups in total. The van der Waals surface area contributed by atoms with Crippen LogP contribution in [0.15, 0.2) is 40.4 Å². The van der Waals surface area contributed by atoms with Gasteiger partial charge >= 0.3 is 5.69 Å². The lowest BCUT2D eigenvalue weighted by Gasteiger charge is -2.12. The van der Waals surface area contributed by atoms with E-state index in [0.29, 0.717) is 10.8 Å². The van der Waals surface area contributed by atoms with E-state index in [9.17, 15) is 9.59 Å². The van der Waals surface area contributed by atoms with Crippen molar-refractivity contribution in [3.8, 4) is 0 Å².